The number of hydrogen-bond acceptors (Lipinski definition) is 3. The van der Waals surface area contributed by atoms with Crippen LogP contribution in [0.25, 0.3) is 5.69 Å². The number of benzene rings is 1. The van der Waals surface area contributed by atoms with Gasteiger partial charge in [-0.2, -0.15) is 5.10 Å². The average molecular weight is 384 g/mol. The molecule has 8 heteroatoms. The van der Waals surface area contributed by atoms with Crippen molar-refractivity contribution in [3.63, 3.8) is 0 Å². The molecule has 1 aromatic carbocycles. The normalized spacial score (nSPS) is 12.0. The molecule has 1 atom stereocenters. The van der Waals surface area contributed by atoms with Gasteiger partial charge in [0.05, 0.1) is 28.7 Å². The number of hydrogen-bond donors (Lipinski definition) is 2. The number of rotatable bonds is 6. The zero-order chi connectivity index (χ0) is 18.7. The molecule has 2 aromatic rings. The Morgan fingerprint density at radius 1 is 1.32 bits per heavy atom. The van der Waals surface area contributed by atoms with E-state index in [1.807, 2.05) is 13.8 Å². The van der Waals surface area contributed by atoms with Gasteiger partial charge in [-0.05, 0) is 32.0 Å². The van der Waals surface area contributed by atoms with Crippen molar-refractivity contribution in [2.24, 2.45) is 5.92 Å². The number of nitrogens with zero attached hydrogens (tertiary/aromatic N) is 2. The van der Waals surface area contributed by atoms with E-state index in [0.717, 1.165) is 11.3 Å². The first-order valence-corrected chi connectivity index (χ1v) is 8.46. The van der Waals surface area contributed by atoms with Crippen LogP contribution in [0.5, 0.6) is 0 Å². The lowest BCUT2D eigenvalue weighted by Gasteiger charge is -2.09. The molecule has 0 radical (unpaired) electrons. The van der Waals surface area contributed by atoms with Crippen molar-refractivity contribution < 1.29 is 14.7 Å². The number of carboxylic acids is 1. The van der Waals surface area contributed by atoms with E-state index in [9.17, 15) is 9.59 Å². The number of aliphatic carboxylic acids is 1. The molecule has 0 saturated carbocycles. The summed E-state index contributed by atoms with van der Waals surface area (Å²) >= 11 is 12.2. The molecule has 0 spiro atoms. The van der Waals surface area contributed by atoms with E-state index in [2.05, 4.69) is 10.4 Å². The molecule has 134 valence electrons. The maximum absolute atomic E-state index is 12.1. The molecule has 6 nitrogen and oxygen atoms in total. The van der Waals surface area contributed by atoms with Gasteiger partial charge in [0.15, 0.2) is 0 Å². The van der Waals surface area contributed by atoms with Crippen molar-refractivity contribution >= 4 is 35.1 Å². The van der Waals surface area contributed by atoms with Gasteiger partial charge in [0.1, 0.15) is 0 Å². The standard InChI is InChI=1S/C17H19Cl2N3O3/c1-9(17(24)25)8-20-16(23)7-13-10(2)21-22(11(13)3)15-5-4-12(18)6-14(15)19/h4-6,9H,7-8H2,1-3H3,(H,20,23)(H,24,25). The smallest absolute Gasteiger partial charge is 0.308 e. The predicted octanol–water partition coefficient (Wildman–Crippen LogP) is 3.18. The number of amides is 1. The minimum absolute atomic E-state index is 0.0867. The van der Waals surface area contributed by atoms with Crippen LogP contribution in [0.4, 0.5) is 0 Å². The summed E-state index contributed by atoms with van der Waals surface area (Å²) in [6, 6.07) is 5.12. The Balaban J connectivity index is 2.19. The molecule has 1 heterocycles. The van der Waals surface area contributed by atoms with Crippen LogP contribution >= 0.6 is 23.2 Å². The molecule has 0 aliphatic heterocycles. The number of carbonyl (C=O) groups is 2. The van der Waals surface area contributed by atoms with E-state index in [0.29, 0.717) is 21.4 Å². The Kier molecular flexibility index (Phi) is 6.08. The van der Waals surface area contributed by atoms with Gasteiger partial charge in [-0.25, -0.2) is 4.68 Å². The molecular weight excluding hydrogens is 365 g/mol. The summed E-state index contributed by atoms with van der Waals surface area (Å²) in [7, 11) is 0. The van der Waals surface area contributed by atoms with Gasteiger partial charge in [0, 0.05) is 22.8 Å². The zero-order valence-corrected chi connectivity index (χ0v) is 15.6. The number of carboxylic acid groups (broad SMARTS) is 1. The lowest BCUT2D eigenvalue weighted by Crippen LogP contribution is -2.32. The molecule has 0 aliphatic rings. The van der Waals surface area contributed by atoms with Crippen LogP contribution in [-0.4, -0.2) is 33.3 Å². The number of carbonyl (C=O) groups excluding carboxylic acids is 1. The average Bonchev–Trinajstić information content (AvgIpc) is 2.80. The lowest BCUT2D eigenvalue weighted by molar-refractivity contribution is -0.141. The minimum Gasteiger partial charge on any atom is -0.481 e. The largest absolute Gasteiger partial charge is 0.481 e. The highest BCUT2D eigenvalue weighted by atomic mass is 35.5. The number of nitrogens with one attached hydrogen (secondary N) is 1. The van der Waals surface area contributed by atoms with Gasteiger partial charge in [0.2, 0.25) is 5.91 Å². The molecule has 0 aliphatic carbocycles. The van der Waals surface area contributed by atoms with Gasteiger partial charge >= 0.3 is 5.97 Å². The molecule has 25 heavy (non-hydrogen) atoms. The van der Waals surface area contributed by atoms with Crippen LogP contribution in [0.15, 0.2) is 18.2 Å². The van der Waals surface area contributed by atoms with E-state index in [1.54, 1.807) is 29.8 Å². The van der Waals surface area contributed by atoms with Crippen LogP contribution in [0.1, 0.15) is 23.9 Å². The van der Waals surface area contributed by atoms with E-state index in [1.165, 1.54) is 0 Å². The third-order valence-corrected chi connectivity index (χ3v) is 4.48. The topological polar surface area (TPSA) is 84.2 Å². The number of aryl methyl sites for hydroxylation is 1. The fourth-order valence-corrected chi connectivity index (χ4v) is 2.88. The molecule has 0 saturated heterocycles. The highest BCUT2D eigenvalue weighted by molar-refractivity contribution is 6.35. The second-order valence-corrected chi connectivity index (χ2v) is 6.72. The van der Waals surface area contributed by atoms with Crippen molar-refractivity contribution in [1.82, 2.24) is 15.1 Å². The van der Waals surface area contributed by atoms with Crippen LogP contribution in [-0.2, 0) is 16.0 Å². The Bertz CT molecular complexity index is 818. The van der Waals surface area contributed by atoms with Crippen molar-refractivity contribution in [2.45, 2.75) is 27.2 Å². The van der Waals surface area contributed by atoms with E-state index in [-0.39, 0.29) is 18.9 Å². The first-order valence-electron chi connectivity index (χ1n) is 7.70. The van der Waals surface area contributed by atoms with E-state index < -0.39 is 11.9 Å². The third kappa shape index (κ3) is 4.52. The minimum atomic E-state index is -0.946. The van der Waals surface area contributed by atoms with Crippen molar-refractivity contribution in [3.05, 3.63) is 45.2 Å². The first-order chi connectivity index (χ1) is 11.7. The molecular formula is C17H19Cl2N3O3. The summed E-state index contributed by atoms with van der Waals surface area (Å²) in [4.78, 5) is 22.9. The summed E-state index contributed by atoms with van der Waals surface area (Å²) in [6.07, 6.45) is 0.120. The van der Waals surface area contributed by atoms with Gasteiger partial charge in [-0.15, -0.1) is 0 Å². The Morgan fingerprint density at radius 2 is 2.00 bits per heavy atom. The predicted molar refractivity (Wildman–Crippen MR) is 96.6 cm³/mol. The summed E-state index contributed by atoms with van der Waals surface area (Å²) in [5.41, 5.74) is 2.97. The monoisotopic (exact) mass is 383 g/mol. The fraction of sp³-hybridized carbons (Fsp3) is 0.353. The molecule has 2 N–H and O–H groups in total. The van der Waals surface area contributed by atoms with Crippen molar-refractivity contribution in [3.8, 4) is 5.69 Å². The summed E-state index contributed by atoms with van der Waals surface area (Å²) in [6.45, 7) is 5.30. The number of aromatic nitrogens is 2. The van der Waals surface area contributed by atoms with Gasteiger partial charge in [-0.3, -0.25) is 9.59 Å². The molecule has 1 aromatic heterocycles. The SMILES string of the molecule is Cc1nn(-c2ccc(Cl)cc2Cl)c(C)c1CC(=O)NCC(C)C(=O)O. The van der Waals surface area contributed by atoms with Crippen molar-refractivity contribution in [1.29, 1.82) is 0 Å². The number of halogens is 2. The molecule has 2 rings (SSSR count). The first kappa shape index (κ1) is 19.3. The Hall–Kier alpha value is -2.05. The lowest BCUT2D eigenvalue weighted by atomic mass is 10.1. The molecule has 0 fully saturated rings. The maximum Gasteiger partial charge on any atom is 0.308 e. The highest BCUT2D eigenvalue weighted by Crippen LogP contribution is 2.27. The van der Waals surface area contributed by atoms with Crippen LogP contribution in [0.3, 0.4) is 0 Å². The molecule has 1 amide bonds. The van der Waals surface area contributed by atoms with Gasteiger partial charge in [0.25, 0.3) is 0 Å². The van der Waals surface area contributed by atoms with Crippen LogP contribution < -0.4 is 5.32 Å². The molecule has 1 unspecified atom stereocenters. The second-order valence-electron chi connectivity index (χ2n) is 5.88. The fourth-order valence-electron chi connectivity index (χ4n) is 2.40. The third-order valence-electron chi connectivity index (χ3n) is 3.94. The summed E-state index contributed by atoms with van der Waals surface area (Å²) in [5.74, 6) is -1.83. The van der Waals surface area contributed by atoms with Gasteiger partial charge < -0.3 is 10.4 Å². The van der Waals surface area contributed by atoms with E-state index >= 15 is 0 Å². The van der Waals surface area contributed by atoms with Crippen molar-refractivity contribution in [2.75, 3.05) is 6.54 Å². The summed E-state index contributed by atoms with van der Waals surface area (Å²) in [5, 5.41) is 17.0. The maximum atomic E-state index is 12.1. The summed E-state index contributed by atoms with van der Waals surface area (Å²) < 4.78 is 1.68. The van der Waals surface area contributed by atoms with Gasteiger partial charge in [-0.1, -0.05) is 30.1 Å². The Labute approximate surface area is 155 Å². The quantitative estimate of drug-likeness (QED) is 0.801. The molecule has 0 bridgehead atoms. The van der Waals surface area contributed by atoms with Crippen LogP contribution in [0.2, 0.25) is 10.0 Å². The van der Waals surface area contributed by atoms with E-state index in [4.69, 9.17) is 28.3 Å². The van der Waals surface area contributed by atoms with Crippen LogP contribution in [0, 0.1) is 19.8 Å². The zero-order valence-electron chi connectivity index (χ0n) is 14.1. The second kappa shape index (κ2) is 7.89. The highest BCUT2D eigenvalue weighted by Gasteiger charge is 2.18. The Morgan fingerprint density at radius 3 is 2.60 bits per heavy atom.